The van der Waals surface area contributed by atoms with Gasteiger partial charge >= 0.3 is 0 Å². The van der Waals surface area contributed by atoms with E-state index in [4.69, 9.17) is 23.2 Å². The minimum Gasteiger partial charge on any atom is -0.389 e. The lowest BCUT2D eigenvalue weighted by Crippen LogP contribution is -2.47. The summed E-state index contributed by atoms with van der Waals surface area (Å²) in [5.74, 6) is 0. The van der Waals surface area contributed by atoms with E-state index in [0.29, 0.717) is 23.0 Å². The first-order valence-electron chi connectivity index (χ1n) is 6.00. The second-order valence-electron chi connectivity index (χ2n) is 6.03. The molecule has 4 heteroatoms. The quantitative estimate of drug-likeness (QED) is 0.886. The number of rotatable bonds is 4. The first-order chi connectivity index (χ1) is 8.09. The van der Waals surface area contributed by atoms with E-state index >= 15 is 0 Å². The second-order valence-corrected chi connectivity index (χ2v) is 6.84. The van der Waals surface area contributed by atoms with Crippen LogP contribution in [0, 0.1) is 0 Å². The predicted octanol–water partition coefficient (Wildman–Crippen LogP) is 3.68. The Kier molecular flexibility index (Phi) is 5.07. The minimum atomic E-state index is -0.815. The maximum absolute atomic E-state index is 10.4. The van der Waals surface area contributed by atoms with Gasteiger partial charge in [0.05, 0.1) is 15.6 Å². The van der Waals surface area contributed by atoms with Gasteiger partial charge < -0.3 is 10.4 Å². The lowest BCUT2D eigenvalue weighted by atomic mass is 9.95. The fraction of sp³-hybridized carbons (Fsp3) is 0.571. The molecule has 0 radical (unpaired) electrons. The third kappa shape index (κ3) is 5.57. The zero-order valence-corrected chi connectivity index (χ0v) is 12.9. The highest BCUT2D eigenvalue weighted by Crippen LogP contribution is 2.24. The number of β-amino-alcohol motifs (C(OH)–C–C–N with tert-alkyl or cyclic N) is 1. The third-order valence-electron chi connectivity index (χ3n) is 2.57. The molecule has 0 saturated carbocycles. The molecule has 2 N–H and O–H groups in total. The van der Waals surface area contributed by atoms with Crippen LogP contribution in [0.15, 0.2) is 18.2 Å². The Hall–Kier alpha value is -0.280. The minimum absolute atomic E-state index is 0.0123. The molecule has 0 aromatic heterocycles. The molecule has 0 amide bonds. The molecule has 1 atom stereocenters. The van der Waals surface area contributed by atoms with Gasteiger partial charge in [0.2, 0.25) is 0 Å². The molecular formula is C14H21Cl2NO. The van der Waals surface area contributed by atoms with Crippen molar-refractivity contribution in [3.63, 3.8) is 0 Å². The summed E-state index contributed by atoms with van der Waals surface area (Å²) in [7, 11) is 0. The van der Waals surface area contributed by atoms with E-state index in [0.717, 1.165) is 5.56 Å². The van der Waals surface area contributed by atoms with E-state index in [1.54, 1.807) is 12.1 Å². The molecule has 1 aromatic rings. The van der Waals surface area contributed by atoms with E-state index in [1.165, 1.54) is 0 Å². The number of hydrogen-bond donors (Lipinski definition) is 2. The molecule has 1 aromatic carbocycles. The van der Waals surface area contributed by atoms with E-state index < -0.39 is 5.60 Å². The van der Waals surface area contributed by atoms with Gasteiger partial charge in [0, 0.05) is 18.5 Å². The Morgan fingerprint density at radius 3 is 2.22 bits per heavy atom. The van der Waals surface area contributed by atoms with Gasteiger partial charge in [0.15, 0.2) is 0 Å². The Balaban J connectivity index is 2.67. The van der Waals surface area contributed by atoms with Crippen LogP contribution in [-0.2, 0) is 6.42 Å². The van der Waals surface area contributed by atoms with Crippen LogP contribution in [-0.4, -0.2) is 22.8 Å². The van der Waals surface area contributed by atoms with Crippen molar-refractivity contribution in [2.45, 2.75) is 45.3 Å². The van der Waals surface area contributed by atoms with E-state index in [9.17, 15) is 5.11 Å². The SMILES string of the molecule is CC(O)(CNC(C)(C)C)Cc1ccc(Cl)c(Cl)c1. The summed E-state index contributed by atoms with van der Waals surface area (Å²) in [5.41, 5.74) is 0.150. The Morgan fingerprint density at radius 1 is 1.11 bits per heavy atom. The van der Waals surface area contributed by atoms with Crippen molar-refractivity contribution in [2.24, 2.45) is 0 Å². The van der Waals surface area contributed by atoms with Crippen molar-refractivity contribution < 1.29 is 5.11 Å². The van der Waals surface area contributed by atoms with E-state index in [1.807, 2.05) is 13.0 Å². The smallest absolute Gasteiger partial charge is 0.0783 e. The molecule has 1 unspecified atom stereocenters. The molecule has 0 aliphatic rings. The number of halogens is 2. The lowest BCUT2D eigenvalue weighted by Gasteiger charge is -2.29. The third-order valence-corrected chi connectivity index (χ3v) is 3.31. The zero-order valence-electron chi connectivity index (χ0n) is 11.3. The van der Waals surface area contributed by atoms with Crippen LogP contribution in [0.1, 0.15) is 33.3 Å². The van der Waals surface area contributed by atoms with Gasteiger partial charge in [-0.25, -0.2) is 0 Å². The van der Waals surface area contributed by atoms with Crippen LogP contribution < -0.4 is 5.32 Å². The molecular weight excluding hydrogens is 269 g/mol. The van der Waals surface area contributed by atoms with Crippen molar-refractivity contribution in [1.29, 1.82) is 0 Å². The molecule has 1 rings (SSSR count). The van der Waals surface area contributed by atoms with Crippen molar-refractivity contribution >= 4 is 23.2 Å². The Bertz CT molecular complexity index is 411. The molecule has 0 saturated heterocycles. The molecule has 0 aliphatic carbocycles. The highest BCUT2D eigenvalue weighted by Gasteiger charge is 2.23. The van der Waals surface area contributed by atoms with Gasteiger partial charge in [0.25, 0.3) is 0 Å². The van der Waals surface area contributed by atoms with Crippen LogP contribution in [0.4, 0.5) is 0 Å². The topological polar surface area (TPSA) is 32.3 Å². The molecule has 102 valence electrons. The zero-order chi connectivity index (χ0) is 14.0. The molecule has 0 aliphatic heterocycles. The van der Waals surface area contributed by atoms with Crippen LogP contribution in [0.5, 0.6) is 0 Å². The largest absolute Gasteiger partial charge is 0.389 e. The summed E-state index contributed by atoms with van der Waals surface area (Å²) >= 11 is 11.8. The summed E-state index contributed by atoms with van der Waals surface area (Å²) < 4.78 is 0. The average molecular weight is 290 g/mol. The number of nitrogens with one attached hydrogen (secondary N) is 1. The van der Waals surface area contributed by atoms with Gasteiger partial charge in [-0.2, -0.15) is 0 Å². The lowest BCUT2D eigenvalue weighted by molar-refractivity contribution is 0.0535. The highest BCUT2D eigenvalue weighted by molar-refractivity contribution is 6.42. The maximum Gasteiger partial charge on any atom is 0.0783 e. The predicted molar refractivity (Wildman–Crippen MR) is 78.5 cm³/mol. The first-order valence-corrected chi connectivity index (χ1v) is 6.76. The summed E-state index contributed by atoms with van der Waals surface area (Å²) in [5, 5.41) is 14.7. The number of benzene rings is 1. The van der Waals surface area contributed by atoms with E-state index in [2.05, 4.69) is 26.1 Å². The van der Waals surface area contributed by atoms with E-state index in [-0.39, 0.29) is 5.54 Å². The normalized spacial score (nSPS) is 15.5. The molecule has 0 heterocycles. The van der Waals surface area contributed by atoms with Gasteiger partial charge in [-0.1, -0.05) is 29.3 Å². The number of hydrogen-bond acceptors (Lipinski definition) is 2. The fourth-order valence-electron chi connectivity index (χ4n) is 1.61. The summed E-state index contributed by atoms with van der Waals surface area (Å²) in [6, 6.07) is 5.45. The molecule has 18 heavy (non-hydrogen) atoms. The summed E-state index contributed by atoms with van der Waals surface area (Å²) in [6.45, 7) is 8.55. The van der Waals surface area contributed by atoms with Gasteiger partial charge in [-0.15, -0.1) is 0 Å². The summed E-state index contributed by atoms with van der Waals surface area (Å²) in [6.07, 6.45) is 0.535. The summed E-state index contributed by atoms with van der Waals surface area (Å²) in [4.78, 5) is 0. The standard InChI is InChI=1S/C14H21Cl2NO/c1-13(2,3)17-9-14(4,18)8-10-5-6-11(15)12(16)7-10/h5-7,17-18H,8-9H2,1-4H3. The molecule has 0 fully saturated rings. The van der Waals surface area contributed by atoms with Crippen LogP contribution in [0.25, 0.3) is 0 Å². The second kappa shape index (κ2) is 5.79. The molecule has 0 bridgehead atoms. The van der Waals surface area contributed by atoms with Gasteiger partial charge in [-0.05, 0) is 45.4 Å². The van der Waals surface area contributed by atoms with Crippen molar-refractivity contribution in [3.05, 3.63) is 33.8 Å². The Morgan fingerprint density at radius 2 is 1.72 bits per heavy atom. The van der Waals surface area contributed by atoms with Crippen molar-refractivity contribution in [3.8, 4) is 0 Å². The van der Waals surface area contributed by atoms with Crippen LogP contribution in [0.2, 0.25) is 10.0 Å². The Labute approximate surface area is 119 Å². The maximum atomic E-state index is 10.4. The monoisotopic (exact) mass is 289 g/mol. The van der Waals surface area contributed by atoms with Crippen LogP contribution in [0.3, 0.4) is 0 Å². The fourth-order valence-corrected chi connectivity index (χ4v) is 1.93. The van der Waals surface area contributed by atoms with Crippen LogP contribution >= 0.6 is 23.2 Å². The molecule has 0 spiro atoms. The van der Waals surface area contributed by atoms with Gasteiger partial charge in [0.1, 0.15) is 0 Å². The number of aliphatic hydroxyl groups is 1. The molecule has 2 nitrogen and oxygen atoms in total. The highest BCUT2D eigenvalue weighted by atomic mass is 35.5. The average Bonchev–Trinajstić information content (AvgIpc) is 2.20. The van der Waals surface area contributed by atoms with Crippen molar-refractivity contribution in [1.82, 2.24) is 5.32 Å². The van der Waals surface area contributed by atoms with Crippen molar-refractivity contribution in [2.75, 3.05) is 6.54 Å². The van der Waals surface area contributed by atoms with Gasteiger partial charge in [-0.3, -0.25) is 0 Å². The first kappa shape index (κ1) is 15.8.